The molecule has 0 aliphatic heterocycles. The summed E-state index contributed by atoms with van der Waals surface area (Å²) in [6.45, 7) is 0. The molecule has 3 rings (SSSR count). The molecule has 18 heavy (non-hydrogen) atoms. The molecule has 2 aromatic carbocycles. The zero-order chi connectivity index (χ0) is 12.5. The maximum Gasteiger partial charge on any atom is 0.113 e. The summed E-state index contributed by atoms with van der Waals surface area (Å²) in [6.07, 6.45) is 0. The number of aromatic nitrogens is 3. The van der Waals surface area contributed by atoms with Gasteiger partial charge in [-0.3, -0.25) is 0 Å². The van der Waals surface area contributed by atoms with Gasteiger partial charge < -0.3 is 5.73 Å². The second kappa shape index (κ2) is 3.86. The number of rotatable bonds is 1. The molecule has 5 nitrogen and oxygen atoms in total. The molecule has 0 aliphatic rings. The molecule has 3 aromatic rings. The number of nitrogen functional groups attached to an aromatic ring is 1. The highest BCUT2D eigenvalue weighted by Gasteiger charge is 2.07. The standard InChI is InChI=1S/C13H9N5/c14-8-9-5-6-10(7-11(9)15)18-13-4-2-1-3-12(13)16-17-18/h1-7H,15H2. The van der Waals surface area contributed by atoms with E-state index < -0.39 is 0 Å². The lowest BCUT2D eigenvalue weighted by atomic mass is 10.2. The normalized spacial score (nSPS) is 10.4. The molecular weight excluding hydrogens is 226 g/mol. The molecule has 0 fully saturated rings. The third-order valence-corrected chi connectivity index (χ3v) is 2.75. The Morgan fingerprint density at radius 3 is 2.78 bits per heavy atom. The maximum atomic E-state index is 8.85. The van der Waals surface area contributed by atoms with Gasteiger partial charge in [-0.25, -0.2) is 4.68 Å². The van der Waals surface area contributed by atoms with Gasteiger partial charge in [-0.2, -0.15) is 5.26 Å². The predicted octanol–water partition coefficient (Wildman–Crippen LogP) is 1.87. The second-order valence-electron chi connectivity index (χ2n) is 3.87. The Morgan fingerprint density at radius 1 is 1.17 bits per heavy atom. The third-order valence-electron chi connectivity index (χ3n) is 2.75. The summed E-state index contributed by atoms with van der Waals surface area (Å²) in [5.41, 5.74) is 9.21. The maximum absolute atomic E-state index is 8.85. The molecule has 86 valence electrons. The zero-order valence-electron chi connectivity index (χ0n) is 9.41. The molecule has 0 aliphatic carbocycles. The largest absolute Gasteiger partial charge is 0.398 e. The monoisotopic (exact) mass is 235 g/mol. The van der Waals surface area contributed by atoms with Crippen LogP contribution in [0.1, 0.15) is 5.56 Å². The summed E-state index contributed by atoms with van der Waals surface area (Å²) in [7, 11) is 0. The van der Waals surface area contributed by atoms with Crippen molar-refractivity contribution in [3.05, 3.63) is 48.0 Å². The first-order chi connectivity index (χ1) is 8.79. The van der Waals surface area contributed by atoms with Crippen LogP contribution >= 0.6 is 0 Å². The number of fused-ring (bicyclic) bond motifs is 1. The minimum Gasteiger partial charge on any atom is -0.398 e. The first-order valence-electron chi connectivity index (χ1n) is 5.40. The molecule has 0 spiro atoms. The zero-order valence-corrected chi connectivity index (χ0v) is 9.41. The fourth-order valence-corrected chi connectivity index (χ4v) is 1.84. The summed E-state index contributed by atoms with van der Waals surface area (Å²) in [4.78, 5) is 0. The van der Waals surface area contributed by atoms with E-state index in [1.807, 2.05) is 30.3 Å². The van der Waals surface area contributed by atoms with Gasteiger partial charge in [-0.05, 0) is 30.3 Å². The van der Waals surface area contributed by atoms with Crippen LogP contribution in [-0.4, -0.2) is 15.0 Å². The van der Waals surface area contributed by atoms with Crippen LogP contribution in [0, 0.1) is 11.3 Å². The van der Waals surface area contributed by atoms with Crippen LogP contribution in [0.4, 0.5) is 5.69 Å². The quantitative estimate of drug-likeness (QED) is 0.653. The predicted molar refractivity (Wildman–Crippen MR) is 68.0 cm³/mol. The van der Waals surface area contributed by atoms with Crippen LogP contribution in [0.25, 0.3) is 16.7 Å². The van der Waals surface area contributed by atoms with E-state index in [2.05, 4.69) is 10.3 Å². The topological polar surface area (TPSA) is 80.5 Å². The smallest absolute Gasteiger partial charge is 0.113 e. The van der Waals surface area contributed by atoms with Crippen molar-refractivity contribution in [2.75, 3.05) is 5.73 Å². The lowest BCUT2D eigenvalue weighted by molar-refractivity contribution is 0.824. The number of nitriles is 1. The Bertz CT molecular complexity index is 766. The van der Waals surface area contributed by atoms with Gasteiger partial charge in [0.2, 0.25) is 0 Å². The summed E-state index contributed by atoms with van der Waals surface area (Å²) in [5.74, 6) is 0. The molecule has 0 atom stereocenters. The van der Waals surface area contributed by atoms with Crippen molar-refractivity contribution in [2.24, 2.45) is 0 Å². The van der Waals surface area contributed by atoms with Gasteiger partial charge in [0.1, 0.15) is 11.6 Å². The molecule has 0 amide bonds. The van der Waals surface area contributed by atoms with Crippen molar-refractivity contribution in [3.8, 4) is 11.8 Å². The van der Waals surface area contributed by atoms with Gasteiger partial charge >= 0.3 is 0 Å². The van der Waals surface area contributed by atoms with Crippen molar-refractivity contribution >= 4 is 16.7 Å². The molecule has 0 saturated heterocycles. The average Bonchev–Trinajstić information content (AvgIpc) is 2.82. The van der Waals surface area contributed by atoms with Crippen molar-refractivity contribution in [1.29, 1.82) is 5.26 Å². The van der Waals surface area contributed by atoms with Crippen LogP contribution < -0.4 is 5.73 Å². The number of hydrogen-bond donors (Lipinski definition) is 1. The second-order valence-corrected chi connectivity index (χ2v) is 3.87. The Labute approximate surface area is 103 Å². The van der Waals surface area contributed by atoms with E-state index in [0.717, 1.165) is 16.7 Å². The number of nitrogens with two attached hydrogens (primary N) is 1. The molecule has 1 heterocycles. The van der Waals surface area contributed by atoms with Crippen molar-refractivity contribution < 1.29 is 0 Å². The molecule has 5 heteroatoms. The molecule has 0 bridgehead atoms. The van der Waals surface area contributed by atoms with Crippen LogP contribution in [0.15, 0.2) is 42.5 Å². The summed E-state index contributed by atoms with van der Waals surface area (Å²) in [6, 6.07) is 14.9. The Kier molecular flexibility index (Phi) is 2.21. The first-order valence-corrected chi connectivity index (χ1v) is 5.40. The molecule has 0 radical (unpaired) electrons. The van der Waals surface area contributed by atoms with Gasteiger partial charge in [0, 0.05) is 0 Å². The average molecular weight is 235 g/mol. The first kappa shape index (κ1) is 10.3. The third kappa shape index (κ3) is 1.48. The van der Waals surface area contributed by atoms with Gasteiger partial charge in [0.05, 0.1) is 22.5 Å². The van der Waals surface area contributed by atoms with E-state index in [-0.39, 0.29) is 0 Å². The minimum atomic E-state index is 0.439. The lowest BCUT2D eigenvalue weighted by Crippen LogP contribution is -1.99. The Morgan fingerprint density at radius 2 is 2.00 bits per heavy atom. The minimum absolute atomic E-state index is 0.439. The van der Waals surface area contributed by atoms with Gasteiger partial charge in [-0.15, -0.1) is 5.10 Å². The number of nitrogens with zero attached hydrogens (tertiary/aromatic N) is 4. The lowest BCUT2D eigenvalue weighted by Gasteiger charge is -2.04. The van der Waals surface area contributed by atoms with Gasteiger partial charge in [0.25, 0.3) is 0 Å². The molecule has 0 unspecified atom stereocenters. The molecule has 0 saturated carbocycles. The fourth-order valence-electron chi connectivity index (χ4n) is 1.84. The molecular formula is C13H9N5. The van der Waals surface area contributed by atoms with Crippen molar-refractivity contribution in [1.82, 2.24) is 15.0 Å². The van der Waals surface area contributed by atoms with Crippen LogP contribution in [0.2, 0.25) is 0 Å². The highest BCUT2D eigenvalue weighted by atomic mass is 15.4. The van der Waals surface area contributed by atoms with Crippen LogP contribution in [0.5, 0.6) is 0 Å². The number of anilines is 1. The summed E-state index contributed by atoms with van der Waals surface area (Å²) in [5, 5.41) is 17.0. The van der Waals surface area contributed by atoms with Gasteiger partial charge in [0.15, 0.2) is 0 Å². The van der Waals surface area contributed by atoms with E-state index in [4.69, 9.17) is 11.0 Å². The van der Waals surface area contributed by atoms with E-state index >= 15 is 0 Å². The number of benzene rings is 2. The SMILES string of the molecule is N#Cc1ccc(-n2nnc3ccccc32)cc1N. The van der Waals surface area contributed by atoms with E-state index in [1.54, 1.807) is 22.9 Å². The Balaban J connectivity index is 2.21. The summed E-state index contributed by atoms with van der Waals surface area (Å²) < 4.78 is 1.70. The van der Waals surface area contributed by atoms with Crippen LogP contribution in [0.3, 0.4) is 0 Å². The van der Waals surface area contributed by atoms with E-state index in [1.165, 1.54) is 0 Å². The fraction of sp³-hybridized carbons (Fsp3) is 0. The highest BCUT2D eigenvalue weighted by Crippen LogP contribution is 2.19. The van der Waals surface area contributed by atoms with E-state index in [9.17, 15) is 0 Å². The molecule has 1 aromatic heterocycles. The van der Waals surface area contributed by atoms with E-state index in [0.29, 0.717) is 11.3 Å². The highest BCUT2D eigenvalue weighted by molar-refractivity contribution is 5.76. The van der Waals surface area contributed by atoms with Gasteiger partial charge in [-0.1, -0.05) is 17.3 Å². The Hall–Kier alpha value is -2.87. The van der Waals surface area contributed by atoms with Crippen molar-refractivity contribution in [3.63, 3.8) is 0 Å². The number of hydrogen-bond acceptors (Lipinski definition) is 4. The molecule has 2 N–H and O–H groups in total. The summed E-state index contributed by atoms with van der Waals surface area (Å²) >= 11 is 0. The van der Waals surface area contributed by atoms with Crippen LogP contribution in [-0.2, 0) is 0 Å². The van der Waals surface area contributed by atoms with Crippen molar-refractivity contribution in [2.45, 2.75) is 0 Å². The number of para-hydroxylation sites is 1.